The molecule has 1 atom stereocenters. The van der Waals surface area contributed by atoms with Crippen LogP contribution in [0.15, 0.2) is 0 Å². The molecule has 0 spiro atoms. The summed E-state index contributed by atoms with van der Waals surface area (Å²) in [5.41, 5.74) is 0. The van der Waals surface area contributed by atoms with Gasteiger partial charge in [0.25, 0.3) is 0 Å². The highest BCUT2D eigenvalue weighted by molar-refractivity contribution is 4.88. The van der Waals surface area contributed by atoms with Crippen LogP contribution in [-0.2, 0) is 13.1 Å². The van der Waals surface area contributed by atoms with Crippen molar-refractivity contribution < 1.29 is 0 Å². The van der Waals surface area contributed by atoms with E-state index in [1.54, 1.807) is 0 Å². The van der Waals surface area contributed by atoms with Gasteiger partial charge >= 0.3 is 0 Å². The van der Waals surface area contributed by atoms with Gasteiger partial charge in [-0.2, -0.15) is 0 Å². The van der Waals surface area contributed by atoms with Gasteiger partial charge in [0.1, 0.15) is 0 Å². The third-order valence-electron chi connectivity index (χ3n) is 4.71. The van der Waals surface area contributed by atoms with E-state index in [1.807, 2.05) is 4.68 Å². The maximum Gasteiger partial charge on any atom is 0.165 e. The Morgan fingerprint density at radius 2 is 2.10 bits per heavy atom. The highest BCUT2D eigenvalue weighted by Gasteiger charge is 2.28. The molecule has 0 aromatic carbocycles. The molecule has 0 bridgehead atoms. The van der Waals surface area contributed by atoms with Gasteiger partial charge < -0.3 is 5.32 Å². The Bertz CT molecular complexity index is 404. The average molecular weight is 278 g/mol. The summed E-state index contributed by atoms with van der Waals surface area (Å²) in [5.74, 6) is 1.89. The van der Waals surface area contributed by atoms with Crippen LogP contribution in [0.2, 0.25) is 0 Å². The molecule has 1 N–H and O–H groups in total. The Hall–Kier alpha value is -1.01. The molecule has 0 radical (unpaired) electrons. The number of aromatic nitrogens is 4. The number of nitrogens with one attached hydrogen (secondary N) is 1. The first-order valence-electron chi connectivity index (χ1n) is 8.07. The fourth-order valence-corrected chi connectivity index (χ4v) is 3.55. The van der Waals surface area contributed by atoms with E-state index in [-0.39, 0.29) is 0 Å². The van der Waals surface area contributed by atoms with Crippen molar-refractivity contribution in [3.63, 3.8) is 0 Å². The molecule has 1 unspecified atom stereocenters. The Morgan fingerprint density at radius 1 is 1.25 bits per heavy atom. The molecule has 6 nitrogen and oxygen atoms in total. The molecule has 0 amide bonds. The summed E-state index contributed by atoms with van der Waals surface area (Å²) < 4.78 is 1.95. The van der Waals surface area contributed by atoms with Crippen molar-refractivity contribution in [3.05, 3.63) is 5.82 Å². The second-order valence-corrected chi connectivity index (χ2v) is 6.13. The van der Waals surface area contributed by atoms with Crippen LogP contribution in [0.5, 0.6) is 0 Å². The smallest absolute Gasteiger partial charge is 0.165 e. The monoisotopic (exact) mass is 278 g/mol. The van der Waals surface area contributed by atoms with Crippen molar-refractivity contribution in [2.75, 3.05) is 19.6 Å². The number of aryl methyl sites for hydroxylation is 1. The first-order chi connectivity index (χ1) is 9.86. The lowest BCUT2D eigenvalue weighted by Crippen LogP contribution is -2.40. The van der Waals surface area contributed by atoms with E-state index in [2.05, 4.69) is 32.7 Å². The molecule has 2 fully saturated rings. The van der Waals surface area contributed by atoms with Crippen molar-refractivity contribution >= 4 is 0 Å². The predicted octanol–water partition coefficient (Wildman–Crippen LogP) is 1.05. The normalized spacial score (nSPS) is 25.4. The molecule has 0 aliphatic carbocycles. The Labute approximate surface area is 120 Å². The zero-order valence-corrected chi connectivity index (χ0v) is 12.5. The van der Waals surface area contributed by atoms with E-state index >= 15 is 0 Å². The fourth-order valence-electron chi connectivity index (χ4n) is 3.55. The average Bonchev–Trinajstić information content (AvgIpc) is 3.13. The Balaban J connectivity index is 1.49. The van der Waals surface area contributed by atoms with Crippen LogP contribution in [0.1, 0.15) is 44.9 Å². The number of hydrogen-bond donors (Lipinski definition) is 1. The molecule has 0 saturated carbocycles. The van der Waals surface area contributed by atoms with E-state index < -0.39 is 0 Å². The van der Waals surface area contributed by atoms with E-state index in [1.165, 1.54) is 45.3 Å². The summed E-state index contributed by atoms with van der Waals surface area (Å²) in [6.07, 6.45) is 6.43. The van der Waals surface area contributed by atoms with Crippen LogP contribution in [0, 0.1) is 5.92 Å². The van der Waals surface area contributed by atoms with Crippen molar-refractivity contribution in [3.8, 4) is 0 Å². The molecule has 1 aromatic rings. The standard InChI is InChI=1S/C14H26N6/c1-2-8-20-14(16-17-18-20)11-19-9-5-12(6-10-19)13-4-3-7-15-13/h12-13,15H,2-11H2,1H3. The molecule has 2 saturated heterocycles. The minimum absolute atomic E-state index is 0.780. The number of rotatable bonds is 5. The van der Waals surface area contributed by atoms with Gasteiger partial charge in [0.2, 0.25) is 0 Å². The molecule has 6 heteroatoms. The van der Waals surface area contributed by atoms with Gasteiger partial charge in [-0.15, -0.1) is 5.10 Å². The van der Waals surface area contributed by atoms with Crippen molar-refractivity contribution in [2.45, 2.75) is 58.2 Å². The lowest BCUT2D eigenvalue weighted by Gasteiger charge is -2.34. The largest absolute Gasteiger partial charge is 0.314 e. The number of piperidine rings is 1. The molecule has 20 heavy (non-hydrogen) atoms. The second kappa shape index (κ2) is 6.63. The van der Waals surface area contributed by atoms with Gasteiger partial charge in [-0.1, -0.05) is 6.92 Å². The molecule has 3 rings (SSSR count). The van der Waals surface area contributed by atoms with Crippen LogP contribution in [0.4, 0.5) is 0 Å². The van der Waals surface area contributed by atoms with E-state index in [4.69, 9.17) is 0 Å². The van der Waals surface area contributed by atoms with Gasteiger partial charge in [0, 0.05) is 12.6 Å². The summed E-state index contributed by atoms with van der Waals surface area (Å²) in [6, 6.07) is 0.780. The van der Waals surface area contributed by atoms with Gasteiger partial charge in [0.05, 0.1) is 6.54 Å². The summed E-state index contributed by atoms with van der Waals surface area (Å²) in [4.78, 5) is 2.50. The van der Waals surface area contributed by atoms with Crippen LogP contribution in [-0.4, -0.2) is 50.8 Å². The summed E-state index contributed by atoms with van der Waals surface area (Å²) >= 11 is 0. The summed E-state index contributed by atoms with van der Waals surface area (Å²) in [6.45, 7) is 7.56. The fraction of sp³-hybridized carbons (Fsp3) is 0.929. The maximum atomic E-state index is 4.17. The molecule has 1 aromatic heterocycles. The number of likely N-dealkylation sites (tertiary alicyclic amines) is 1. The van der Waals surface area contributed by atoms with Crippen LogP contribution in [0.3, 0.4) is 0 Å². The highest BCUT2D eigenvalue weighted by atomic mass is 15.5. The predicted molar refractivity (Wildman–Crippen MR) is 77.1 cm³/mol. The zero-order chi connectivity index (χ0) is 13.8. The zero-order valence-electron chi connectivity index (χ0n) is 12.5. The third-order valence-corrected chi connectivity index (χ3v) is 4.71. The van der Waals surface area contributed by atoms with Crippen molar-refractivity contribution in [2.24, 2.45) is 5.92 Å². The SMILES string of the molecule is CCCn1nnnc1CN1CCC(C2CCCN2)CC1. The van der Waals surface area contributed by atoms with E-state index in [9.17, 15) is 0 Å². The van der Waals surface area contributed by atoms with Crippen molar-refractivity contribution in [1.29, 1.82) is 0 Å². The van der Waals surface area contributed by atoms with Crippen molar-refractivity contribution in [1.82, 2.24) is 30.4 Å². The second-order valence-electron chi connectivity index (χ2n) is 6.13. The minimum Gasteiger partial charge on any atom is -0.314 e. The number of hydrogen-bond acceptors (Lipinski definition) is 5. The molecule has 2 aliphatic heterocycles. The summed E-state index contributed by atoms with van der Waals surface area (Å²) in [5, 5.41) is 15.7. The third kappa shape index (κ3) is 3.17. The Kier molecular flexibility index (Phi) is 4.62. The first kappa shape index (κ1) is 13.9. The van der Waals surface area contributed by atoms with Gasteiger partial charge in [-0.05, 0) is 68.1 Å². The number of tetrazole rings is 1. The molecule has 112 valence electrons. The minimum atomic E-state index is 0.780. The topological polar surface area (TPSA) is 58.9 Å². The molecular weight excluding hydrogens is 252 g/mol. The molecule has 3 heterocycles. The maximum absolute atomic E-state index is 4.17. The van der Waals surface area contributed by atoms with Crippen LogP contribution in [0.25, 0.3) is 0 Å². The summed E-state index contributed by atoms with van der Waals surface area (Å²) in [7, 11) is 0. The van der Waals surface area contributed by atoms with Gasteiger partial charge in [-0.25, -0.2) is 4.68 Å². The number of nitrogens with zero attached hydrogens (tertiary/aromatic N) is 5. The van der Waals surface area contributed by atoms with Gasteiger partial charge in [-0.3, -0.25) is 4.90 Å². The lowest BCUT2D eigenvalue weighted by atomic mass is 9.88. The quantitative estimate of drug-likeness (QED) is 0.872. The van der Waals surface area contributed by atoms with Crippen LogP contribution >= 0.6 is 0 Å². The van der Waals surface area contributed by atoms with E-state index in [0.29, 0.717) is 0 Å². The Morgan fingerprint density at radius 3 is 2.80 bits per heavy atom. The first-order valence-corrected chi connectivity index (χ1v) is 8.07. The van der Waals surface area contributed by atoms with Gasteiger partial charge in [0.15, 0.2) is 5.82 Å². The molecular formula is C14H26N6. The van der Waals surface area contributed by atoms with Crippen LogP contribution < -0.4 is 5.32 Å². The highest BCUT2D eigenvalue weighted by Crippen LogP contribution is 2.26. The molecule has 2 aliphatic rings. The van der Waals surface area contributed by atoms with E-state index in [0.717, 1.165) is 37.3 Å². The lowest BCUT2D eigenvalue weighted by molar-refractivity contribution is 0.152.